The second-order valence-corrected chi connectivity index (χ2v) is 4.76. The van der Waals surface area contributed by atoms with Gasteiger partial charge in [0.2, 0.25) is 5.89 Å². The van der Waals surface area contributed by atoms with Gasteiger partial charge in [0.25, 0.3) is 0 Å². The van der Waals surface area contributed by atoms with Crippen LogP contribution >= 0.6 is 0 Å². The molecule has 0 saturated heterocycles. The smallest absolute Gasteiger partial charge is 0.231 e. The Labute approximate surface area is 119 Å². The van der Waals surface area contributed by atoms with Crippen molar-refractivity contribution >= 4 is 0 Å². The molecule has 5 nitrogen and oxygen atoms in total. The average molecular weight is 275 g/mol. The Hall–Kier alpha value is -1.88. The Morgan fingerprint density at radius 1 is 1.35 bits per heavy atom. The maximum absolute atomic E-state index is 5.75. The minimum absolute atomic E-state index is 0.152. The molecule has 0 aliphatic rings. The monoisotopic (exact) mass is 275 g/mol. The lowest BCUT2D eigenvalue weighted by molar-refractivity contribution is 0.344. The van der Waals surface area contributed by atoms with E-state index in [2.05, 4.69) is 17.1 Å². The van der Waals surface area contributed by atoms with Crippen molar-refractivity contribution in [2.75, 3.05) is 13.7 Å². The standard InChI is InChI=1S/C15H21N3O2/c1-3-6-12(10-16)15-17-14(18-20-15)9-11-7-4-5-8-13(11)19-2/h4-5,7-8,12H,3,6,9-10,16H2,1-2H3. The third kappa shape index (κ3) is 3.36. The number of hydrogen-bond acceptors (Lipinski definition) is 5. The highest BCUT2D eigenvalue weighted by Gasteiger charge is 2.17. The maximum Gasteiger partial charge on any atom is 0.231 e. The molecule has 0 amide bonds. The van der Waals surface area contributed by atoms with Crippen LogP contribution in [0.2, 0.25) is 0 Å². The van der Waals surface area contributed by atoms with Gasteiger partial charge in [-0.2, -0.15) is 4.98 Å². The van der Waals surface area contributed by atoms with Crippen LogP contribution in [0.1, 0.15) is 43.0 Å². The first-order valence-corrected chi connectivity index (χ1v) is 6.92. The van der Waals surface area contributed by atoms with Gasteiger partial charge in [0.05, 0.1) is 13.0 Å². The highest BCUT2D eigenvalue weighted by atomic mass is 16.5. The fraction of sp³-hybridized carbons (Fsp3) is 0.467. The van der Waals surface area contributed by atoms with Gasteiger partial charge in [-0.25, -0.2) is 0 Å². The minimum Gasteiger partial charge on any atom is -0.496 e. The Bertz CT molecular complexity index is 539. The van der Waals surface area contributed by atoms with Gasteiger partial charge in [0.15, 0.2) is 5.82 Å². The van der Waals surface area contributed by atoms with Crippen LogP contribution in [0, 0.1) is 0 Å². The van der Waals surface area contributed by atoms with Crippen molar-refractivity contribution in [2.24, 2.45) is 5.73 Å². The van der Waals surface area contributed by atoms with Crippen LogP contribution in [0.3, 0.4) is 0 Å². The van der Waals surface area contributed by atoms with E-state index in [1.165, 1.54) is 0 Å². The Kier molecular flexibility index (Phi) is 5.12. The van der Waals surface area contributed by atoms with Crippen LogP contribution in [-0.2, 0) is 6.42 Å². The molecule has 1 unspecified atom stereocenters. The second-order valence-electron chi connectivity index (χ2n) is 4.76. The summed E-state index contributed by atoms with van der Waals surface area (Å²) in [6.07, 6.45) is 2.61. The molecule has 1 aromatic carbocycles. The predicted molar refractivity (Wildman–Crippen MR) is 76.8 cm³/mol. The molecule has 1 aromatic heterocycles. The molecule has 5 heteroatoms. The molecule has 0 spiro atoms. The summed E-state index contributed by atoms with van der Waals surface area (Å²) in [7, 11) is 1.66. The molecule has 2 rings (SSSR count). The molecule has 0 radical (unpaired) electrons. The largest absolute Gasteiger partial charge is 0.496 e. The van der Waals surface area contributed by atoms with Gasteiger partial charge in [-0.3, -0.25) is 0 Å². The number of aromatic nitrogens is 2. The van der Waals surface area contributed by atoms with E-state index in [9.17, 15) is 0 Å². The van der Waals surface area contributed by atoms with Crippen LogP contribution in [-0.4, -0.2) is 23.8 Å². The summed E-state index contributed by atoms with van der Waals surface area (Å²) >= 11 is 0. The average Bonchev–Trinajstić information content (AvgIpc) is 2.93. The number of benzene rings is 1. The summed E-state index contributed by atoms with van der Waals surface area (Å²) in [6, 6.07) is 7.84. The van der Waals surface area contributed by atoms with E-state index in [0.29, 0.717) is 24.7 Å². The number of hydrogen-bond donors (Lipinski definition) is 1. The molecular weight excluding hydrogens is 254 g/mol. The van der Waals surface area contributed by atoms with Crippen LogP contribution in [0.15, 0.2) is 28.8 Å². The van der Waals surface area contributed by atoms with Crippen molar-refractivity contribution in [3.8, 4) is 5.75 Å². The molecule has 108 valence electrons. The predicted octanol–water partition coefficient (Wildman–Crippen LogP) is 2.51. The minimum atomic E-state index is 0.152. The van der Waals surface area contributed by atoms with E-state index >= 15 is 0 Å². The van der Waals surface area contributed by atoms with Crippen molar-refractivity contribution in [1.82, 2.24) is 10.1 Å². The lowest BCUT2D eigenvalue weighted by Gasteiger charge is -2.07. The summed E-state index contributed by atoms with van der Waals surface area (Å²) < 4.78 is 10.7. The third-order valence-electron chi connectivity index (χ3n) is 3.30. The number of nitrogens with two attached hydrogens (primary N) is 1. The number of para-hydroxylation sites is 1. The molecule has 1 atom stereocenters. The van der Waals surface area contributed by atoms with Gasteiger partial charge < -0.3 is 15.0 Å². The van der Waals surface area contributed by atoms with Gasteiger partial charge in [-0.1, -0.05) is 36.7 Å². The molecule has 0 aliphatic carbocycles. The first kappa shape index (κ1) is 14.5. The normalized spacial score (nSPS) is 12.3. The Balaban J connectivity index is 2.13. The first-order valence-electron chi connectivity index (χ1n) is 6.92. The van der Waals surface area contributed by atoms with E-state index in [0.717, 1.165) is 24.2 Å². The van der Waals surface area contributed by atoms with Gasteiger partial charge in [0, 0.05) is 18.5 Å². The molecule has 20 heavy (non-hydrogen) atoms. The van der Waals surface area contributed by atoms with Crippen LogP contribution < -0.4 is 10.5 Å². The quantitative estimate of drug-likeness (QED) is 0.840. The summed E-state index contributed by atoms with van der Waals surface area (Å²) in [5.74, 6) is 2.29. The summed E-state index contributed by atoms with van der Waals surface area (Å²) in [6.45, 7) is 2.65. The summed E-state index contributed by atoms with van der Waals surface area (Å²) in [5.41, 5.74) is 6.79. The number of methoxy groups -OCH3 is 1. The second kappa shape index (κ2) is 7.05. The van der Waals surface area contributed by atoms with E-state index in [1.807, 2.05) is 24.3 Å². The summed E-state index contributed by atoms with van der Waals surface area (Å²) in [5, 5.41) is 4.04. The van der Waals surface area contributed by atoms with Gasteiger partial charge >= 0.3 is 0 Å². The third-order valence-corrected chi connectivity index (χ3v) is 3.30. The van der Waals surface area contributed by atoms with Gasteiger partial charge in [0.1, 0.15) is 5.75 Å². The van der Waals surface area contributed by atoms with Crippen molar-refractivity contribution in [1.29, 1.82) is 0 Å². The molecule has 2 aromatic rings. The fourth-order valence-corrected chi connectivity index (χ4v) is 2.22. The SMILES string of the molecule is CCCC(CN)c1nc(Cc2ccccc2OC)no1. The molecule has 0 bridgehead atoms. The van der Waals surface area contributed by atoms with E-state index in [4.69, 9.17) is 15.0 Å². The van der Waals surface area contributed by atoms with Crippen molar-refractivity contribution in [3.63, 3.8) is 0 Å². The fourth-order valence-electron chi connectivity index (χ4n) is 2.22. The molecular formula is C15H21N3O2. The zero-order valence-corrected chi connectivity index (χ0v) is 12.0. The van der Waals surface area contributed by atoms with Crippen LogP contribution in [0.4, 0.5) is 0 Å². The van der Waals surface area contributed by atoms with E-state index in [-0.39, 0.29) is 5.92 Å². The van der Waals surface area contributed by atoms with Gasteiger partial charge in [-0.05, 0) is 12.5 Å². The number of ether oxygens (including phenoxy) is 1. The lowest BCUT2D eigenvalue weighted by Crippen LogP contribution is -2.12. The molecule has 2 N–H and O–H groups in total. The summed E-state index contributed by atoms with van der Waals surface area (Å²) in [4.78, 5) is 4.46. The van der Waals surface area contributed by atoms with E-state index < -0.39 is 0 Å². The number of nitrogens with zero attached hydrogens (tertiary/aromatic N) is 2. The zero-order chi connectivity index (χ0) is 14.4. The van der Waals surface area contributed by atoms with Crippen molar-refractivity contribution in [3.05, 3.63) is 41.5 Å². The lowest BCUT2D eigenvalue weighted by atomic mass is 10.0. The van der Waals surface area contributed by atoms with Gasteiger partial charge in [-0.15, -0.1) is 0 Å². The van der Waals surface area contributed by atoms with E-state index in [1.54, 1.807) is 7.11 Å². The number of rotatable bonds is 7. The highest BCUT2D eigenvalue weighted by Crippen LogP contribution is 2.22. The molecule has 0 fully saturated rings. The first-order chi connectivity index (χ1) is 9.78. The van der Waals surface area contributed by atoms with Crippen LogP contribution in [0.5, 0.6) is 5.75 Å². The maximum atomic E-state index is 5.75. The molecule has 0 saturated carbocycles. The highest BCUT2D eigenvalue weighted by molar-refractivity contribution is 5.35. The zero-order valence-electron chi connectivity index (χ0n) is 12.0. The molecule has 1 heterocycles. The molecule has 0 aliphatic heterocycles. The van der Waals surface area contributed by atoms with Crippen LogP contribution in [0.25, 0.3) is 0 Å². The van der Waals surface area contributed by atoms with Crippen molar-refractivity contribution < 1.29 is 9.26 Å². The Morgan fingerprint density at radius 2 is 2.15 bits per heavy atom. The topological polar surface area (TPSA) is 74.2 Å². The van der Waals surface area contributed by atoms with Crippen molar-refractivity contribution in [2.45, 2.75) is 32.1 Å². The Morgan fingerprint density at radius 3 is 2.85 bits per heavy atom.